The van der Waals surface area contributed by atoms with Gasteiger partial charge in [-0.15, -0.1) is 0 Å². The number of carbonyl (C=O) groups is 1. The summed E-state index contributed by atoms with van der Waals surface area (Å²) >= 11 is 1.71. The van der Waals surface area contributed by atoms with Gasteiger partial charge in [0.15, 0.2) is 5.78 Å². The Labute approximate surface area is 156 Å². The summed E-state index contributed by atoms with van der Waals surface area (Å²) in [5, 5.41) is 0. The monoisotopic (exact) mass is 362 g/mol. The molecule has 0 atom stereocenters. The van der Waals surface area contributed by atoms with Gasteiger partial charge in [-0.05, 0) is 31.2 Å². The van der Waals surface area contributed by atoms with Crippen LogP contribution in [0.1, 0.15) is 17.3 Å². The molecule has 0 saturated carbocycles. The van der Waals surface area contributed by atoms with Crippen LogP contribution >= 0.6 is 11.8 Å². The average Bonchev–Trinajstić information content (AvgIpc) is 2.65. The highest BCUT2D eigenvalue weighted by Gasteiger charge is 2.26. The molecule has 1 aliphatic rings. The van der Waals surface area contributed by atoms with E-state index in [9.17, 15) is 4.79 Å². The molecule has 0 amide bonds. The number of Topliss-reactive ketones (excluding diaryl/α,β-unsaturated/α-hetero) is 1. The number of ketones is 1. The summed E-state index contributed by atoms with van der Waals surface area (Å²) in [7, 11) is 3.90. The molecule has 0 saturated heterocycles. The predicted octanol–water partition coefficient (Wildman–Crippen LogP) is 4.68. The smallest absolute Gasteiger partial charge is 0.159 e. The van der Waals surface area contributed by atoms with Crippen molar-refractivity contribution in [2.75, 3.05) is 23.9 Å². The minimum Gasteiger partial charge on any atom is -0.363 e. The quantitative estimate of drug-likeness (QED) is 0.493. The van der Waals surface area contributed by atoms with E-state index < -0.39 is 0 Å². The van der Waals surface area contributed by atoms with Crippen LogP contribution in [-0.2, 0) is 0 Å². The summed E-state index contributed by atoms with van der Waals surface area (Å²) in [4.78, 5) is 27.0. The van der Waals surface area contributed by atoms with Crippen molar-refractivity contribution in [1.29, 1.82) is 0 Å². The number of hydrogen-bond acceptors (Lipinski definition) is 6. The van der Waals surface area contributed by atoms with Gasteiger partial charge in [0.05, 0.1) is 11.4 Å². The molecule has 26 heavy (non-hydrogen) atoms. The third-order valence-electron chi connectivity index (χ3n) is 4.26. The fourth-order valence-electron chi connectivity index (χ4n) is 2.92. The summed E-state index contributed by atoms with van der Waals surface area (Å²) in [5.74, 6) is 1.65. The van der Waals surface area contributed by atoms with Crippen molar-refractivity contribution in [3.05, 3.63) is 60.4 Å². The highest BCUT2D eigenvalue weighted by molar-refractivity contribution is 7.99. The minimum absolute atomic E-state index is 0.0493. The Balaban J connectivity index is 1.94. The summed E-state index contributed by atoms with van der Waals surface area (Å²) in [6, 6.07) is 16.0. The normalized spacial score (nSPS) is 12.3. The van der Waals surface area contributed by atoms with Crippen LogP contribution in [0.2, 0.25) is 0 Å². The first-order chi connectivity index (χ1) is 12.5. The van der Waals surface area contributed by atoms with E-state index in [1.807, 2.05) is 55.4 Å². The van der Waals surface area contributed by atoms with Gasteiger partial charge < -0.3 is 4.90 Å². The first kappa shape index (κ1) is 16.6. The number of aromatic nitrogens is 2. The number of nitrogens with zero attached hydrogens (tertiary/aromatic N) is 4. The molecule has 4 rings (SSSR count). The van der Waals surface area contributed by atoms with Gasteiger partial charge >= 0.3 is 0 Å². The lowest BCUT2D eigenvalue weighted by molar-refractivity contribution is 0.101. The number of fused-ring (bicyclic) bond motifs is 2. The SMILES string of the molecule is CC(=O)c1ccc2c(c1)N(c1cc(N(C)C)ncn1)c1ccccc1S2. The summed E-state index contributed by atoms with van der Waals surface area (Å²) in [5.41, 5.74) is 2.70. The summed E-state index contributed by atoms with van der Waals surface area (Å²) in [6.07, 6.45) is 1.57. The molecule has 1 aromatic heterocycles. The van der Waals surface area contributed by atoms with Crippen LogP contribution in [0, 0.1) is 0 Å². The third-order valence-corrected chi connectivity index (χ3v) is 5.39. The lowest BCUT2D eigenvalue weighted by Gasteiger charge is -2.32. The standard InChI is InChI=1S/C20H18N4OS/c1-13(25)14-8-9-18-16(10-14)24(15-6-4-5-7-17(15)26-18)20-11-19(23(2)3)21-12-22-20/h4-12H,1-3H3. The van der Waals surface area contributed by atoms with Crippen molar-refractivity contribution in [3.8, 4) is 0 Å². The van der Waals surface area contributed by atoms with Crippen molar-refractivity contribution in [2.24, 2.45) is 0 Å². The van der Waals surface area contributed by atoms with Gasteiger partial charge in [-0.2, -0.15) is 0 Å². The van der Waals surface area contributed by atoms with Gasteiger partial charge in [-0.3, -0.25) is 9.69 Å². The molecule has 0 unspecified atom stereocenters. The second kappa shape index (κ2) is 6.46. The van der Waals surface area contributed by atoms with E-state index in [-0.39, 0.29) is 5.78 Å². The van der Waals surface area contributed by atoms with Gasteiger partial charge in [0.2, 0.25) is 0 Å². The zero-order chi connectivity index (χ0) is 18.3. The summed E-state index contributed by atoms with van der Waals surface area (Å²) < 4.78 is 0. The molecule has 2 aromatic carbocycles. The first-order valence-corrected chi connectivity index (χ1v) is 9.07. The Morgan fingerprint density at radius 1 is 1.00 bits per heavy atom. The van der Waals surface area contributed by atoms with E-state index in [4.69, 9.17) is 0 Å². The molecule has 1 aliphatic heterocycles. The van der Waals surface area contributed by atoms with Crippen LogP contribution in [0.5, 0.6) is 0 Å². The van der Waals surface area contributed by atoms with E-state index >= 15 is 0 Å². The molecular formula is C20H18N4OS. The number of hydrogen-bond donors (Lipinski definition) is 0. The number of para-hydroxylation sites is 1. The van der Waals surface area contributed by atoms with Crippen molar-refractivity contribution in [1.82, 2.24) is 9.97 Å². The van der Waals surface area contributed by atoms with Crippen molar-refractivity contribution in [3.63, 3.8) is 0 Å². The van der Waals surface area contributed by atoms with Crippen molar-refractivity contribution in [2.45, 2.75) is 16.7 Å². The highest BCUT2D eigenvalue weighted by atomic mass is 32.2. The maximum Gasteiger partial charge on any atom is 0.159 e. The molecule has 0 spiro atoms. The lowest BCUT2D eigenvalue weighted by Crippen LogP contribution is -2.18. The number of rotatable bonds is 3. The topological polar surface area (TPSA) is 49.3 Å². The zero-order valence-electron chi connectivity index (χ0n) is 14.8. The number of benzene rings is 2. The summed E-state index contributed by atoms with van der Waals surface area (Å²) in [6.45, 7) is 1.59. The minimum atomic E-state index is 0.0493. The van der Waals surface area contributed by atoms with E-state index in [0.717, 1.165) is 32.8 Å². The Morgan fingerprint density at radius 2 is 1.77 bits per heavy atom. The Bertz CT molecular complexity index is 1000. The Hall–Kier alpha value is -2.86. The van der Waals surface area contributed by atoms with Crippen LogP contribution in [0.4, 0.5) is 23.0 Å². The molecule has 5 nitrogen and oxygen atoms in total. The molecule has 3 aromatic rings. The van der Waals surface area contributed by atoms with Gasteiger partial charge in [0, 0.05) is 35.5 Å². The molecule has 6 heteroatoms. The van der Waals surface area contributed by atoms with E-state index in [1.54, 1.807) is 25.0 Å². The van der Waals surface area contributed by atoms with Crippen LogP contribution in [0.15, 0.2) is 64.6 Å². The third kappa shape index (κ3) is 2.82. The lowest BCUT2D eigenvalue weighted by atomic mass is 10.1. The Kier molecular flexibility index (Phi) is 4.12. The molecule has 2 heterocycles. The molecule has 0 N–H and O–H groups in total. The second-order valence-electron chi connectivity index (χ2n) is 6.27. The molecule has 0 radical (unpaired) electrons. The van der Waals surface area contributed by atoms with Gasteiger partial charge in [-0.1, -0.05) is 30.0 Å². The van der Waals surface area contributed by atoms with Crippen molar-refractivity contribution < 1.29 is 4.79 Å². The van der Waals surface area contributed by atoms with Crippen LogP contribution < -0.4 is 9.80 Å². The van der Waals surface area contributed by atoms with Crippen LogP contribution in [0.25, 0.3) is 0 Å². The maximum absolute atomic E-state index is 11.9. The molecular weight excluding hydrogens is 344 g/mol. The highest BCUT2D eigenvalue weighted by Crippen LogP contribution is 2.51. The Morgan fingerprint density at radius 3 is 2.54 bits per heavy atom. The molecule has 0 bridgehead atoms. The van der Waals surface area contributed by atoms with E-state index in [1.165, 1.54) is 0 Å². The van der Waals surface area contributed by atoms with Gasteiger partial charge in [0.25, 0.3) is 0 Å². The number of anilines is 4. The molecule has 0 aliphatic carbocycles. The maximum atomic E-state index is 11.9. The van der Waals surface area contributed by atoms with Gasteiger partial charge in [0.1, 0.15) is 18.0 Å². The molecule has 130 valence electrons. The van der Waals surface area contributed by atoms with Gasteiger partial charge in [-0.25, -0.2) is 9.97 Å². The average molecular weight is 362 g/mol. The zero-order valence-corrected chi connectivity index (χ0v) is 15.6. The fraction of sp³-hybridized carbons (Fsp3) is 0.150. The van der Waals surface area contributed by atoms with Crippen molar-refractivity contribution >= 4 is 40.6 Å². The first-order valence-electron chi connectivity index (χ1n) is 8.26. The fourth-order valence-corrected chi connectivity index (χ4v) is 3.96. The predicted molar refractivity (Wildman–Crippen MR) is 105 cm³/mol. The number of carbonyl (C=O) groups excluding carboxylic acids is 1. The molecule has 0 fully saturated rings. The van der Waals surface area contributed by atoms with Crippen LogP contribution in [-0.4, -0.2) is 29.8 Å². The van der Waals surface area contributed by atoms with E-state index in [0.29, 0.717) is 5.56 Å². The largest absolute Gasteiger partial charge is 0.363 e. The van der Waals surface area contributed by atoms with E-state index in [2.05, 4.69) is 27.0 Å². The van der Waals surface area contributed by atoms with Crippen LogP contribution in [0.3, 0.4) is 0 Å². The second-order valence-corrected chi connectivity index (χ2v) is 7.36.